The lowest BCUT2D eigenvalue weighted by Gasteiger charge is -2.19. The van der Waals surface area contributed by atoms with Gasteiger partial charge in [-0.3, -0.25) is 19.7 Å². The van der Waals surface area contributed by atoms with Crippen LogP contribution in [0.15, 0.2) is 53.6 Å². The van der Waals surface area contributed by atoms with Gasteiger partial charge in [-0.05, 0) is 68.3 Å². The molecule has 2 rings (SSSR count). The van der Waals surface area contributed by atoms with Gasteiger partial charge in [-0.1, -0.05) is 0 Å². The van der Waals surface area contributed by atoms with Crippen molar-refractivity contribution in [1.82, 2.24) is 10.7 Å². The normalized spacial score (nSPS) is 11.1. The van der Waals surface area contributed by atoms with Crippen LogP contribution in [0.4, 0.5) is 5.69 Å². The number of benzene rings is 2. The highest BCUT2D eigenvalue weighted by Crippen LogP contribution is 2.16. The topological polar surface area (TPSA) is 123 Å². The van der Waals surface area contributed by atoms with E-state index in [1.54, 1.807) is 57.2 Å². The molecular weight excluding hydrogens is 376 g/mol. The van der Waals surface area contributed by atoms with Gasteiger partial charge in [-0.2, -0.15) is 5.10 Å². The zero-order chi connectivity index (χ0) is 21.4. The molecule has 0 bridgehead atoms. The Kier molecular flexibility index (Phi) is 7.02. The molecule has 0 spiro atoms. The quantitative estimate of drug-likeness (QED) is 0.335. The van der Waals surface area contributed by atoms with E-state index < -0.39 is 22.3 Å². The van der Waals surface area contributed by atoms with Gasteiger partial charge >= 0.3 is 11.8 Å². The smallest absolute Gasteiger partial charge is 0.329 e. The van der Waals surface area contributed by atoms with Crippen molar-refractivity contribution in [1.29, 1.82) is 0 Å². The summed E-state index contributed by atoms with van der Waals surface area (Å²) in [6.07, 6.45) is 1.41. The molecule has 0 saturated heterocycles. The fourth-order valence-electron chi connectivity index (χ4n) is 2.14. The lowest BCUT2D eigenvalue weighted by atomic mass is 10.1. The standard InChI is InChI=1S/C20H22N4O5/c1-20(2,3)22-18(25)19(26)23-21-12-14-6-10-17(11-7-14)29-13-15-4-8-16(9-5-15)24(27)28/h4-12H,13H2,1-3H3,(H,22,25)(H,23,26)/b21-12-. The summed E-state index contributed by atoms with van der Waals surface area (Å²) in [5.41, 5.74) is 3.18. The zero-order valence-corrected chi connectivity index (χ0v) is 16.3. The van der Waals surface area contributed by atoms with Crippen LogP contribution in [0.25, 0.3) is 0 Å². The van der Waals surface area contributed by atoms with Crippen LogP contribution in [0.3, 0.4) is 0 Å². The molecule has 0 saturated carbocycles. The highest BCUT2D eigenvalue weighted by atomic mass is 16.6. The van der Waals surface area contributed by atoms with Crippen molar-refractivity contribution in [3.63, 3.8) is 0 Å². The van der Waals surface area contributed by atoms with Gasteiger partial charge in [0.1, 0.15) is 12.4 Å². The summed E-state index contributed by atoms with van der Waals surface area (Å²) in [5, 5.41) is 16.9. The molecule has 0 aromatic heterocycles. The molecule has 0 unspecified atom stereocenters. The van der Waals surface area contributed by atoms with Gasteiger partial charge in [0.05, 0.1) is 11.1 Å². The van der Waals surface area contributed by atoms with Crippen molar-refractivity contribution in [3.05, 3.63) is 69.8 Å². The van der Waals surface area contributed by atoms with E-state index in [0.29, 0.717) is 11.3 Å². The Labute approximate surface area is 167 Å². The number of carbonyl (C=O) groups is 2. The van der Waals surface area contributed by atoms with E-state index in [1.807, 2.05) is 0 Å². The van der Waals surface area contributed by atoms with E-state index in [-0.39, 0.29) is 12.3 Å². The maximum Gasteiger partial charge on any atom is 0.329 e. The predicted molar refractivity (Wildman–Crippen MR) is 108 cm³/mol. The van der Waals surface area contributed by atoms with Crippen molar-refractivity contribution in [2.75, 3.05) is 0 Å². The van der Waals surface area contributed by atoms with Gasteiger partial charge in [0.2, 0.25) is 0 Å². The fraction of sp³-hybridized carbons (Fsp3) is 0.250. The minimum absolute atomic E-state index is 0.0281. The van der Waals surface area contributed by atoms with Crippen LogP contribution in [0.2, 0.25) is 0 Å². The van der Waals surface area contributed by atoms with Crippen molar-refractivity contribution in [2.45, 2.75) is 32.9 Å². The number of non-ortho nitro benzene ring substituents is 1. The number of hydrazone groups is 1. The monoisotopic (exact) mass is 398 g/mol. The van der Waals surface area contributed by atoms with Gasteiger partial charge in [0.25, 0.3) is 5.69 Å². The van der Waals surface area contributed by atoms with Crippen LogP contribution in [0.5, 0.6) is 5.75 Å². The molecule has 0 atom stereocenters. The Morgan fingerprint density at radius 3 is 2.24 bits per heavy atom. The molecule has 0 aliphatic rings. The average molecular weight is 398 g/mol. The van der Waals surface area contributed by atoms with Crippen LogP contribution in [-0.4, -0.2) is 28.5 Å². The van der Waals surface area contributed by atoms with E-state index in [9.17, 15) is 19.7 Å². The SMILES string of the molecule is CC(C)(C)NC(=O)C(=O)N/N=C\c1ccc(OCc2ccc([N+](=O)[O-])cc2)cc1. The molecule has 0 radical (unpaired) electrons. The van der Waals surface area contributed by atoms with Gasteiger partial charge in [-0.15, -0.1) is 0 Å². The van der Waals surface area contributed by atoms with Gasteiger partial charge < -0.3 is 10.1 Å². The number of nitro benzene ring substituents is 1. The summed E-state index contributed by atoms with van der Waals surface area (Å²) >= 11 is 0. The third-order valence-electron chi connectivity index (χ3n) is 3.51. The minimum Gasteiger partial charge on any atom is -0.489 e. The lowest BCUT2D eigenvalue weighted by Crippen LogP contribution is -2.47. The highest BCUT2D eigenvalue weighted by Gasteiger charge is 2.19. The molecule has 2 amide bonds. The number of rotatable bonds is 6. The highest BCUT2D eigenvalue weighted by molar-refractivity contribution is 6.35. The molecule has 2 N–H and O–H groups in total. The number of ether oxygens (including phenoxy) is 1. The Balaban J connectivity index is 1.83. The average Bonchev–Trinajstić information content (AvgIpc) is 2.66. The van der Waals surface area contributed by atoms with Crippen molar-refractivity contribution in [3.8, 4) is 5.75 Å². The van der Waals surface area contributed by atoms with Gasteiger partial charge in [0.15, 0.2) is 0 Å². The summed E-state index contributed by atoms with van der Waals surface area (Å²) in [7, 11) is 0. The number of hydrogen-bond donors (Lipinski definition) is 2. The first-order valence-electron chi connectivity index (χ1n) is 8.76. The molecular formula is C20H22N4O5. The summed E-state index contributed by atoms with van der Waals surface area (Å²) in [4.78, 5) is 33.5. The number of carbonyl (C=O) groups excluding carboxylic acids is 2. The van der Waals surface area contributed by atoms with Gasteiger partial charge in [-0.25, -0.2) is 5.43 Å². The third kappa shape index (κ3) is 7.41. The molecule has 2 aromatic rings. The number of hydrogen-bond acceptors (Lipinski definition) is 6. The Morgan fingerprint density at radius 1 is 1.07 bits per heavy atom. The van der Waals surface area contributed by atoms with Crippen molar-refractivity contribution in [2.24, 2.45) is 5.10 Å². The minimum atomic E-state index is -0.848. The second kappa shape index (κ2) is 9.45. The Bertz CT molecular complexity index is 900. The number of nitro groups is 1. The molecule has 0 fully saturated rings. The fourth-order valence-corrected chi connectivity index (χ4v) is 2.14. The first-order chi connectivity index (χ1) is 13.6. The number of amides is 2. The molecule has 152 valence electrons. The number of nitrogens with zero attached hydrogens (tertiary/aromatic N) is 2. The first kappa shape index (κ1) is 21.5. The Morgan fingerprint density at radius 2 is 1.69 bits per heavy atom. The third-order valence-corrected chi connectivity index (χ3v) is 3.51. The van der Waals surface area contributed by atoms with Crippen LogP contribution in [0.1, 0.15) is 31.9 Å². The first-order valence-corrected chi connectivity index (χ1v) is 8.76. The predicted octanol–water partition coefficient (Wildman–Crippen LogP) is 2.54. The molecule has 0 aliphatic carbocycles. The van der Waals surface area contributed by atoms with Crippen LogP contribution in [0, 0.1) is 10.1 Å². The van der Waals surface area contributed by atoms with Crippen molar-refractivity contribution >= 4 is 23.7 Å². The maximum absolute atomic E-state index is 11.6. The molecule has 0 heterocycles. The van der Waals surface area contributed by atoms with E-state index >= 15 is 0 Å². The van der Waals surface area contributed by atoms with Crippen LogP contribution >= 0.6 is 0 Å². The molecule has 9 heteroatoms. The summed E-state index contributed by atoms with van der Waals surface area (Å²) in [5.74, 6) is -1.00. The van der Waals surface area contributed by atoms with Crippen LogP contribution in [-0.2, 0) is 16.2 Å². The molecule has 9 nitrogen and oxygen atoms in total. The second-order valence-electron chi connectivity index (χ2n) is 7.18. The lowest BCUT2D eigenvalue weighted by molar-refractivity contribution is -0.384. The summed E-state index contributed by atoms with van der Waals surface area (Å²) < 4.78 is 5.63. The maximum atomic E-state index is 11.6. The number of nitrogens with one attached hydrogen (secondary N) is 2. The zero-order valence-electron chi connectivity index (χ0n) is 16.3. The molecule has 29 heavy (non-hydrogen) atoms. The van der Waals surface area contributed by atoms with E-state index in [2.05, 4.69) is 15.8 Å². The van der Waals surface area contributed by atoms with Gasteiger partial charge in [0, 0.05) is 17.7 Å². The largest absolute Gasteiger partial charge is 0.489 e. The molecule has 0 aliphatic heterocycles. The van der Waals surface area contributed by atoms with E-state index in [0.717, 1.165) is 5.56 Å². The van der Waals surface area contributed by atoms with Crippen LogP contribution < -0.4 is 15.5 Å². The second-order valence-corrected chi connectivity index (χ2v) is 7.18. The van der Waals surface area contributed by atoms with E-state index in [1.165, 1.54) is 18.3 Å². The summed E-state index contributed by atoms with van der Waals surface area (Å²) in [6.45, 7) is 5.58. The summed E-state index contributed by atoms with van der Waals surface area (Å²) in [6, 6.07) is 13.0. The molecule has 2 aromatic carbocycles. The Hall–Kier alpha value is -3.75. The van der Waals surface area contributed by atoms with E-state index in [4.69, 9.17) is 4.74 Å². The van der Waals surface area contributed by atoms with Crippen molar-refractivity contribution < 1.29 is 19.2 Å².